The molecule has 104 valence electrons. The minimum absolute atomic E-state index is 0.178. The van der Waals surface area contributed by atoms with Crippen molar-refractivity contribution in [1.82, 2.24) is 4.90 Å². The summed E-state index contributed by atoms with van der Waals surface area (Å²) in [6.45, 7) is 6.31. The molecule has 1 atom stereocenters. The molecule has 1 aliphatic heterocycles. The van der Waals surface area contributed by atoms with Crippen LogP contribution >= 0.6 is 30.4 Å². The topological polar surface area (TPSA) is 55.8 Å². The van der Waals surface area contributed by atoms with Gasteiger partial charge in [-0.25, -0.2) is 9.69 Å². The highest BCUT2D eigenvalue weighted by molar-refractivity contribution is 14.2. The lowest BCUT2D eigenvalue weighted by atomic mass is 9.97. The highest BCUT2D eigenvalue weighted by atomic mass is 127. The molecule has 1 aliphatic rings. The molecule has 2 amide bonds. The fourth-order valence-electron chi connectivity index (χ4n) is 1.67. The van der Waals surface area contributed by atoms with E-state index in [0.717, 1.165) is 6.42 Å². The number of halogens is 1. The Morgan fingerprint density at radius 2 is 2.22 bits per heavy atom. The first-order valence-corrected chi connectivity index (χ1v) is 9.05. The van der Waals surface area contributed by atoms with Crippen molar-refractivity contribution < 1.29 is 18.5 Å². The van der Waals surface area contributed by atoms with Crippen LogP contribution in [0.3, 0.4) is 0 Å². The Balaban J connectivity index is 2.47. The molecule has 0 aromatic carbocycles. The first-order valence-electron chi connectivity index (χ1n) is 5.77. The number of hydrogen-bond donors (Lipinski definition) is 0. The van der Waals surface area contributed by atoms with Gasteiger partial charge in [0.1, 0.15) is 5.60 Å². The second kappa shape index (κ2) is 6.95. The minimum atomic E-state index is -0.574. The highest BCUT2D eigenvalue weighted by Gasteiger charge is 2.32. The number of likely N-dealkylation sites (tertiary alicyclic amines) is 1. The lowest BCUT2D eigenvalue weighted by Gasteiger charge is -2.31. The predicted molar refractivity (Wildman–Crippen MR) is 78.2 cm³/mol. The number of rotatable bonds is 3. The first kappa shape index (κ1) is 16.0. The second-order valence-corrected chi connectivity index (χ2v) is 6.67. The quantitative estimate of drug-likeness (QED) is 0.550. The monoisotopic (exact) mass is 387 g/mol. The number of imide groups is 1. The summed E-state index contributed by atoms with van der Waals surface area (Å²) in [5, 5.41) is 0. The van der Waals surface area contributed by atoms with Crippen molar-refractivity contribution >= 4 is 42.4 Å². The van der Waals surface area contributed by atoms with E-state index in [2.05, 4.69) is 0 Å². The fraction of sp³-hybridized carbons (Fsp3) is 0.818. The van der Waals surface area contributed by atoms with E-state index in [1.54, 1.807) is 20.8 Å². The third-order valence-corrected chi connectivity index (χ3v) is 3.48. The van der Waals surface area contributed by atoms with Crippen molar-refractivity contribution in [3.05, 3.63) is 0 Å². The minimum Gasteiger partial charge on any atom is -0.443 e. The standard InChI is InChI=1S/C11H18INO4S/c1-11(2,3)17-10(15)13-5-4-8(6-9(13)14)7-16-18-12/h8H,4-7H2,1-3H3. The van der Waals surface area contributed by atoms with Crippen LogP contribution in [0.15, 0.2) is 0 Å². The smallest absolute Gasteiger partial charge is 0.417 e. The summed E-state index contributed by atoms with van der Waals surface area (Å²) in [4.78, 5) is 24.8. The van der Waals surface area contributed by atoms with E-state index in [1.165, 1.54) is 14.1 Å². The molecular weight excluding hydrogens is 369 g/mol. The number of carbonyl (C=O) groups excluding carboxylic acids is 2. The van der Waals surface area contributed by atoms with Crippen molar-refractivity contribution in [2.45, 2.75) is 39.2 Å². The third kappa shape index (κ3) is 5.31. The van der Waals surface area contributed by atoms with E-state index < -0.39 is 11.7 Å². The van der Waals surface area contributed by atoms with Crippen molar-refractivity contribution in [3.8, 4) is 0 Å². The fourth-order valence-corrected chi connectivity index (χ4v) is 2.35. The largest absolute Gasteiger partial charge is 0.443 e. The summed E-state index contributed by atoms with van der Waals surface area (Å²) in [5.41, 5.74) is -0.574. The molecule has 0 N–H and O–H groups in total. The zero-order valence-corrected chi connectivity index (χ0v) is 13.7. The van der Waals surface area contributed by atoms with E-state index in [4.69, 9.17) is 8.92 Å². The summed E-state index contributed by atoms with van der Waals surface area (Å²) < 4.78 is 10.4. The third-order valence-electron chi connectivity index (χ3n) is 2.49. The van der Waals surface area contributed by atoms with Crippen LogP contribution in [0.1, 0.15) is 33.6 Å². The van der Waals surface area contributed by atoms with Crippen molar-refractivity contribution in [2.75, 3.05) is 13.2 Å². The Hall–Kier alpha value is -0.0200. The molecule has 7 heteroatoms. The molecule has 0 aliphatic carbocycles. The molecule has 1 fully saturated rings. The molecule has 0 aromatic rings. The molecule has 1 saturated heterocycles. The number of nitrogens with zero attached hydrogens (tertiary/aromatic N) is 1. The molecule has 0 aromatic heterocycles. The maximum atomic E-state index is 11.9. The summed E-state index contributed by atoms with van der Waals surface area (Å²) in [6, 6.07) is 0. The molecule has 0 spiro atoms. The lowest BCUT2D eigenvalue weighted by Crippen LogP contribution is -2.45. The van der Waals surface area contributed by atoms with Crippen molar-refractivity contribution in [3.63, 3.8) is 0 Å². The molecule has 18 heavy (non-hydrogen) atoms. The average Bonchev–Trinajstić information content (AvgIpc) is 2.23. The SMILES string of the molecule is CC(C)(C)OC(=O)N1CCC(COSI)CC1=O. The van der Waals surface area contributed by atoms with Crippen LogP contribution in [0, 0.1) is 5.92 Å². The number of hydrogen-bond acceptors (Lipinski definition) is 5. The molecule has 0 bridgehead atoms. The molecule has 1 heterocycles. The maximum absolute atomic E-state index is 11.9. The van der Waals surface area contributed by atoms with E-state index in [9.17, 15) is 9.59 Å². The van der Waals surface area contributed by atoms with Gasteiger partial charge in [-0.3, -0.25) is 4.79 Å². The Morgan fingerprint density at radius 1 is 1.56 bits per heavy atom. The average molecular weight is 387 g/mol. The summed E-state index contributed by atoms with van der Waals surface area (Å²) in [6.07, 6.45) is 0.564. The highest BCUT2D eigenvalue weighted by Crippen LogP contribution is 2.23. The van der Waals surface area contributed by atoms with Crippen LogP contribution in [0.25, 0.3) is 0 Å². The maximum Gasteiger partial charge on any atom is 0.417 e. The summed E-state index contributed by atoms with van der Waals surface area (Å²) in [5.74, 6) is 0.0148. The second-order valence-electron chi connectivity index (χ2n) is 5.23. The number of carbonyl (C=O) groups is 2. The van der Waals surface area contributed by atoms with Crippen LogP contribution in [-0.4, -0.2) is 35.7 Å². The van der Waals surface area contributed by atoms with Gasteiger partial charge in [0.15, 0.2) is 0 Å². The molecule has 0 radical (unpaired) electrons. The van der Waals surface area contributed by atoms with Gasteiger partial charge >= 0.3 is 6.09 Å². The van der Waals surface area contributed by atoms with E-state index >= 15 is 0 Å². The first-order chi connectivity index (χ1) is 8.33. The van der Waals surface area contributed by atoms with Gasteiger partial charge in [-0.2, -0.15) is 0 Å². The zero-order valence-electron chi connectivity index (χ0n) is 10.8. The van der Waals surface area contributed by atoms with Gasteiger partial charge in [-0.05, 0) is 33.1 Å². The van der Waals surface area contributed by atoms with Gasteiger partial charge in [-0.15, -0.1) is 0 Å². The van der Waals surface area contributed by atoms with Crippen molar-refractivity contribution in [1.29, 1.82) is 0 Å². The van der Waals surface area contributed by atoms with Crippen LogP contribution in [0.5, 0.6) is 0 Å². The van der Waals surface area contributed by atoms with Crippen LogP contribution in [-0.2, 0) is 13.7 Å². The number of ether oxygens (including phenoxy) is 1. The Kier molecular flexibility index (Phi) is 6.19. The summed E-state index contributed by atoms with van der Waals surface area (Å²) in [7, 11) is 1.26. The van der Waals surface area contributed by atoms with E-state index in [1.807, 2.05) is 21.2 Å². The normalized spacial score (nSPS) is 21.0. The van der Waals surface area contributed by atoms with Gasteiger partial charge in [0.05, 0.1) is 15.8 Å². The predicted octanol–water partition coefficient (Wildman–Crippen LogP) is 3.17. The van der Waals surface area contributed by atoms with E-state index in [0.29, 0.717) is 19.6 Å². The molecular formula is C11H18INO4S. The summed E-state index contributed by atoms with van der Waals surface area (Å²) >= 11 is 2.04. The zero-order chi connectivity index (χ0) is 13.8. The van der Waals surface area contributed by atoms with Crippen LogP contribution in [0.4, 0.5) is 4.79 Å². The Labute approximate surface area is 124 Å². The van der Waals surface area contributed by atoms with Crippen molar-refractivity contribution in [2.24, 2.45) is 5.92 Å². The van der Waals surface area contributed by atoms with Gasteiger partial charge in [0, 0.05) is 34.2 Å². The Morgan fingerprint density at radius 3 is 2.72 bits per heavy atom. The lowest BCUT2D eigenvalue weighted by molar-refractivity contribution is -0.134. The molecule has 1 unspecified atom stereocenters. The number of amides is 2. The molecule has 0 saturated carbocycles. The van der Waals surface area contributed by atoms with Gasteiger partial charge in [0.2, 0.25) is 5.91 Å². The molecule has 1 rings (SSSR count). The van der Waals surface area contributed by atoms with Gasteiger partial charge in [-0.1, -0.05) is 0 Å². The Bertz CT molecular complexity index is 319. The van der Waals surface area contributed by atoms with Crippen LogP contribution in [0.2, 0.25) is 0 Å². The van der Waals surface area contributed by atoms with E-state index in [-0.39, 0.29) is 11.8 Å². The van der Waals surface area contributed by atoms with Crippen LogP contribution < -0.4 is 0 Å². The van der Waals surface area contributed by atoms with Gasteiger partial charge < -0.3 is 8.92 Å². The number of piperidine rings is 1. The molecule has 5 nitrogen and oxygen atoms in total. The van der Waals surface area contributed by atoms with Gasteiger partial charge in [0.25, 0.3) is 0 Å².